The van der Waals surface area contributed by atoms with E-state index >= 15 is 0 Å². The predicted molar refractivity (Wildman–Crippen MR) is 86.0 cm³/mol. The van der Waals surface area contributed by atoms with Crippen LogP contribution in [0.3, 0.4) is 0 Å². The number of hydrogen-bond acceptors (Lipinski definition) is 5. The van der Waals surface area contributed by atoms with Gasteiger partial charge in [0.2, 0.25) is 5.91 Å². The normalized spacial score (nSPS) is 21.2. The van der Waals surface area contributed by atoms with Gasteiger partial charge in [0.05, 0.1) is 33.5 Å². The first-order valence-electron chi connectivity index (χ1n) is 8.11. The number of benzene rings is 1. The number of hydrogen-bond donors (Lipinski definition) is 1. The molecular formula is C17H24N2O4. The molecule has 0 aliphatic carbocycles. The maximum absolute atomic E-state index is 12.0. The second-order valence-corrected chi connectivity index (χ2v) is 6.05. The molecule has 0 spiro atoms. The summed E-state index contributed by atoms with van der Waals surface area (Å²) in [5, 5.41) is 3.03. The molecule has 0 bridgehead atoms. The lowest BCUT2D eigenvalue weighted by Gasteiger charge is -2.28. The number of carbonyl (C=O) groups excluding carboxylic acids is 1. The second kappa shape index (κ2) is 7.66. The molecule has 23 heavy (non-hydrogen) atoms. The molecule has 1 atom stereocenters. The zero-order valence-electron chi connectivity index (χ0n) is 13.5. The average molecular weight is 320 g/mol. The fourth-order valence-electron chi connectivity index (χ4n) is 2.95. The SMILES string of the molecule is COc1ccc2c(c1)OC[C@H](CNC(=O)CN1CCOCC1)C2. The number of rotatable bonds is 5. The van der Waals surface area contributed by atoms with Crippen LogP contribution in [0.25, 0.3) is 0 Å². The third-order valence-electron chi connectivity index (χ3n) is 4.32. The van der Waals surface area contributed by atoms with Crippen LogP contribution in [0.5, 0.6) is 11.5 Å². The molecule has 1 aromatic rings. The van der Waals surface area contributed by atoms with Crippen LogP contribution in [0.2, 0.25) is 0 Å². The topological polar surface area (TPSA) is 60.0 Å². The van der Waals surface area contributed by atoms with Crippen LogP contribution in [-0.2, 0) is 16.0 Å². The number of amides is 1. The van der Waals surface area contributed by atoms with E-state index in [2.05, 4.69) is 10.2 Å². The highest BCUT2D eigenvalue weighted by molar-refractivity contribution is 5.78. The zero-order valence-corrected chi connectivity index (χ0v) is 13.5. The van der Waals surface area contributed by atoms with E-state index in [0.29, 0.717) is 38.8 Å². The van der Waals surface area contributed by atoms with Crippen molar-refractivity contribution in [2.75, 3.05) is 53.1 Å². The molecule has 1 aromatic carbocycles. The van der Waals surface area contributed by atoms with Crippen molar-refractivity contribution in [3.05, 3.63) is 23.8 Å². The number of morpholine rings is 1. The summed E-state index contributed by atoms with van der Waals surface area (Å²) in [6.45, 7) is 4.80. The van der Waals surface area contributed by atoms with Gasteiger partial charge in [-0.25, -0.2) is 0 Å². The van der Waals surface area contributed by atoms with E-state index in [9.17, 15) is 4.79 Å². The van der Waals surface area contributed by atoms with Gasteiger partial charge in [-0.3, -0.25) is 9.69 Å². The minimum absolute atomic E-state index is 0.0763. The Morgan fingerprint density at radius 2 is 2.22 bits per heavy atom. The van der Waals surface area contributed by atoms with Gasteiger partial charge in [-0.15, -0.1) is 0 Å². The van der Waals surface area contributed by atoms with Crippen molar-refractivity contribution in [3.8, 4) is 11.5 Å². The van der Waals surface area contributed by atoms with Gasteiger partial charge in [0.15, 0.2) is 0 Å². The summed E-state index contributed by atoms with van der Waals surface area (Å²) < 4.78 is 16.3. The first kappa shape index (κ1) is 16.1. The molecule has 6 nitrogen and oxygen atoms in total. The van der Waals surface area contributed by atoms with Crippen molar-refractivity contribution >= 4 is 5.91 Å². The van der Waals surface area contributed by atoms with Crippen molar-refractivity contribution < 1.29 is 19.0 Å². The molecule has 2 heterocycles. The lowest BCUT2D eigenvalue weighted by atomic mass is 9.96. The molecule has 6 heteroatoms. The molecule has 0 saturated carbocycles. The molecule has 2 aliphatic heterocycles. The molecule has 1 saturated heterocycles. The standard InChI is InChI=1S/C17H24N2O4/c1-21-15-3-2-14-8-13(12-23-16(14)9-15)10-18-17(20)11-19-4-6-22-7-5-19/h2-3,9,13H,4-8,10-12H2,1H3,(H,18,20)/t13-/m0/s1. The van der Waals surface area contributed by atoms with Gasteiger partial charge in [0.1, 0.15) is 11.5 Å². The molecule has 0 unspecified atom stereocenters. The highest BCUT2D eigenvalue weighted by Crippen LogP contribution is 2.30. The second-order valence-electron chi connectivity index (χ2n) is 6.05. The van der Waals surface area contributed by atoms with Gasteiger partial charge in [-0.05, 0) is 18.1 Å². The quantitative estimate of drug-likeness (QED) is 0.865. The van der Waals surface area contributed by atoms with Crippen molar-refractivity contribution in [1.29, 1.82) is 0 Å². The van der Waals surface area contributed by atoms with Gasteiger partial charge in [-0.1, -0.05) is 6.07 Å². The van der Waals surface area contributed by atoms with Gasteiger partial charge >= 0.3 is 0 Å². The van der Waals surface area contributed by atoms with Crippen LogP contribution in [0.4, 0.5) is 0 Å². The highest BCUT2D eigenvalue weighted by Gasteiger charge is 2.21. The van der Waals surface area contributed by atoms with E-state index in [1.54, 1.807) is 7.11 Å². The Balaban J connectivity index is 1.45. The van der Waals surface area contributed by atoms with E-state index in [0.717, 1.165) is 31.0 Å². The minimum atomic E-state index is 0.0763. The van der Waals surface area contributed by atoms with E-state index < -0.39 is 0 Å². The van der Waals surface area contributed by atoms with E-state index in [-0.39, 0.29) is 5.91 Å². The van der Waals surface area contributed by atoms with E-state index in [1.807, 2.05) is 18.2 Å². The van der Waals surface area contributed by atoms with Crippen LogP contribution in [0, 0.1) is 5.92 Å². The van der Waals surface area contributed by atoms with Crippen molar-refractivity contribution in [2.45, 2.75) is 6.42 Å². The molecule has 1 amide bonds. The van der Waals surface area contributed by atoms with Crippen LogP contribution >= 0.6 is 0 Å². The molecular weight excluding hydrogens is 296 g/mol. The molecule has 0 aromatic heterocycles. The molecule has 1 N–H and O–H groups in total. The van der Waals surface area contributed by atoms with Gasteiger partial charge in [-0.2, -0.15) is 0 Å². The number of fused-ring (bicyclic) bond motifs is 1. The Hall–Kier alpha value is -1.79. The average Bonchev–Trinajstić information content (AvgIpc) is 2.60. The summed E-state index contributed by atoms with van der Waals surface area (Å²) in [6, 6.07) is 5.90. The van der Waals surface area contributed by atoms with Crippen LogP contribution < -0.4 is 14.8 Å². The lowest BCUT2D eigenvalue weighted by molar-refractivity contribution is -0.123. The maximum atomic E-state index is 12.0. The summed E-state index contributed by atoms with van der Waals surface area (Å²) in [5.74, 6) is 2.08. The maximum Gasteiger partial charge on any atom is 0.234 e. The number of carbonyl (C=O) groups is 1. The third-order valence-corrected chi connectivity index (χ3v) is 4.32. The molecule has 1 fully saturated rings. The first-order valence-corrected chi connectivity index (χ1v) is 8.11. The van der Waals surface area contributed by atoms with Crippen molar-refractivity contribution in [1.82, 2.24) is 10.2 Å². The van der Waals surface area contributed by atoms with Gasteiger partial charge in [0, 0.05) is 31.6 Å². The molecule has 3 rings (SSSR count). The summed E-state index contributed by atoms with van der Waals surface area (Å²) in [7, 11) is 1.65. The number of methoxy groups -OCH3 is 1. The zero-order chi connectivity index (χ0) is 16.1. The molecule has 0 radical (unpaired) electrons. The number of nitrogens with one attached hydrogen (secondary N) is 1. The predicted octanol–water partition coefficient (Wildman–Crippen LogP) is 0.695. The van der Waals surface area contributed by atoms with Crippen LogP contribution in [0.1, 0.15) is 5.56 Å². The van der Waals surface area contributed by atoms with Gasteiger partial charge < -0.3 is 19.5 Å². The Bertz CT molecular complexity index is 543. The third kappa shape index (κ3) is 4.36. The Morgan fingerprint density at radius 1 is 1.39 bits per heavy atom. The first-order chi connectivity index (χ1) is 11.2. The lowest BCUT2D eigenvalue weighted by Crippen LogP contribution is -2.44. The Kier molecular flexibility index (Phi) is 5.35. The summed E-state index contributed by atoms with van der Waals surface area (Å²) in [5.41, 5.74) is 1.17. The van der Waals surface area contributed by atoms with Crippen LogP contribution in [-0.4, -0.2) is 63.9 Å². The Morgan fingerprint density at radius 3 is 3.00 bits per heavy atom. The molecule has 2 aliphatic rings. The minimum Gasteiger partial charge on any atom is -0.497 e. The molecule has 126 valence electrons. The fraction of sp³-hybridized carbons (Fsp3) is 0.588. The Labute approximate surface area is 136 Å². The monoisotopic (exact) mass is 320 g/mol. The number of ether oxygens (including phenoxy) is 3. The van der Waals surface area contributed by atoms with E-state index in [1.165, 1.54) is 5.56 Å². The van der Waals surface area contributed by atoms with Crippen molar-refractivity contribution in [2.24, 2.45) is 5.92 Å². The number of nitrogens with zero attached hydrogens (tertiary/aromatic N) is 1. The summed E-state index contributed by atoms with van der Waals surface area (Å²) in [6.07, 6.45) is 0.914. The van der Waals surface area contributed by atoms with Gasteiger partial charge in [0.25, 0.3) is 0 Å². The van der Waals surface area contributed by atoms with E-state index in [4.69, 9.17) is 14.2 Å². The summed E-state index contributed by atoms with van der Waals surface area (Å²) in [4.78, 5) is 14.2. The van der Waals surface area contributed by atoms with Crippen LogP contribution in [0.15, 0.2) is 18.2 Å². The highest BCUT2D eigenvalue weighted by atomic mass is 16.5. The van der Waals surface area contributed by atoms with Crippen molar-refractivity contribution in [3.63, 3.8) is 0 Å². The summed E-state index contributed by atoms with van der Waals surface area (Å²) >= 11 is 0. The smallest absolute Gasteiger partial charge is 0.234 e. The largest absolute Gasteiger partial charge is 0.497 e. The fourth-order valence-corrected chi connectivity index (χ4v) is 2.95.